The van der Waals surface area contributed by atoms with E-state index in [0.29, 0.717) is 10.8 Å². The third-order valence-electron chi connectivity index (χ3n) is 2.74. The molecule has 3 aromatic heterocycles. The van der Waals surface area contributed by atoms with Gasteiger partial charge in [0, 0.05) is 29.0 Å². The molecule has 3 rings (SSSR count). The molecular weight excluding hydrogens is 250 g/mol. The van der Waals surface area contributed by atoms with Crippen molar-refractivity contribution in [1.29, 1.82) is 0 Å². The van der Waals surface area contributed by atoms with E-state index in [1.807, 2.05) is 12.1 Å². The lowest BCUT2D eigenvalue weighted by molar-refractivity contribution is 0.413. The minimum absolute atomic E-state index is 0.679. The van der Waals surface area contributed by atoms with E-state index < -0.39 is 0 Å². The summed E-state index contributed by atoms with van der Waals surface area (Å²) >= 11 is 6.12. The Morgan fingerprint density at radius 2 is 2.17 bits per heavy atom. The van der Waals surface area contributed by atoms with E-state index in [0.717, 1.165) is 22.3 Å². The molecule has 3 aromatic rings. The smallest absolute Gasteiger partial charge is 0.139 e. The van der Waals surface area contributed by atoms with E-state index in [9.17, 15) is 0 Å². The Morgan fingerprint density at radius 3 is 2.94 bits per heavy atom. The zero-order valence-corrected chi connectivity index (χ0v) is 10.4. The summed E-state index contributed by atoms with van der Waals surface area (Å²) in [6.07, 6.45) is 5.10. The number of ether oxygens (including phenoxy) is 1. The number of aromatic nitrogens is 3. The Balaban J connectivity index is 2.16. The number of hydrogen-bond acceptors (Lipinski definition) is 3. The van der Waals surface area contributed by atoms with Crippen molar-refractivity contribution in [2.45, 2.75) is 0 Å². The maximum absolute atomic E-state index is 6.12. The number of fused-ring (bicyclic) bond motifs is 1. The highest BCUT2D eigenvalue weighted by atomic mass is 35.5. The molecule has 0 aliphatic carbocycles. The van der Waals surface area contributed by atoms with Crippen molar-refractivity contribution in [3.05, 3.63) is 41.8 Å². The average Bonchev–Trinajstić information content (AvgIpc) is 2.84. The lowest BCUT2D eigenvalue weighted by atomic mass is 10.2. The lowest BCUT2D eigenvalue weighted by Gasteiger charge is -2.01. The molecule has 0 fully saturated rings. The van der Waals surface area contributed by atoms with Gasteiger partial charge in [0.25, 0.3) is 0 Å². The van der Waals surface area contributed by atoms with Gasteiger partial charge in [-0.1, -0.05) is 11.6 Å². The molecule has 3 heterocycles. The number of hydrogen-bond donors (Lipinski definition) is 1. The van der Waals surface area contributed by atoms with Gasteiger partial charge in [-0.15, -0.1) is 0 Å². The Labute approximate surface area is 109 Å². The van der Waals surface area contributed by atoms with Crippen LogP contribution < -0.4 is 4.74 Å². The quantitative estimate of drug-likeness (QED) is 0.768. The normalized spacial score (nSPS) is 10.8. The molecule has 0 amide bonds. The Bertz CT molecular complexity index is 708. The first-order valence-electron chi connectivity index (χ1n) is 5.40. The number of H-pyrrole nitrogens is 1. The van der Waals surface area contributed by atoms with Crippen molar-refractivity contribution in [3.63, 3.8) is 0 Å². The number of nitrogens with one attached hydrogen (secondary N) is 1. The van der Waals surface area contributed by atoms with Crippen LogP contribution in [0.2, 0.25) is 5.02 Å². The maximum Gasteiger partial charge on any atom is 0.139 e. The standard InChI is InChI=1S/C13H10ClN3O/c1-18-9-4-8(6-15-7-9)12-5-10-11(14)2-3-16-13(10)17-12/h2-7H,1H3,(H,16,17). The number of halogens is 1. The summed E-state index contributed by atoms with van der Waals surface area (Å²) in [5, 5.41) is 1.58. The van der Waals surface area contributed by atoms with Crippen LogP contribution in [0.4, 0.5) is 0 Å². The van der Waals surface area contributed by atoms with Crippen LogP contribution in [0, 0.1) is 0 Å². The molecule has 0 saturated heterocycles. The number of aromatic amines is 1. The molecule has 1 N–H and O–H groups in total. The molecule has 90 valence electrons. The Morgan fingerprint density at radius 1 is 1.28 bits per heavy atom. The fraction of sp³-hybridized carbons (Fsp3) is 0.0769. The molecule has 0 aliphatic heterocycles. The first-order chi connectivity index (χ1) is 8.78. The fourth-order valence-electron chi connectivity index (χ4n) is 1.83. The Kier molecular flexibility index (Phi) is 2.64. The van der Waals surface area contributed by atoms with Crippen LogP contribution in [0.1, 0.15) is 0 Å². The van der Waals surface area contributed by atoms with Crippen LogP contribution in [0.5, 0.6) is 5.75 Å². The first-order valence-corrected chi connectivity index (χ1v) is 5.78. The molecular formula is C13H10ClN3O. The number of rotatable bonds is 2. The highest BCUT2D eigenvalue weighted by molar-refractivity contribution is 6.35. The third-order valence-corrected chi connectivity index (χ3v) is 3.07. The van der Waals surface area contributed by atoms with Gasteiger partial charge in [-0.2, -0.15) is 0 Å². The van der Waals surface area contributed by atoms with Crippen LogP contribution in [-0.2, 0) is 0 Å². The molecule has 18 heavy (non-hydrogen) atoms. The summed E-state index contributed by atoms with van der Waals surface area (Å²) in [6.45, 7) is 0. The van der Waals surface area contributed by atoms with Gasteiger partial charge in [-0.3, -0.25) is 4.98 Å². The summed E-state index contributed by atoms with van der Waals surface area (Å²) in [5.41, 5.74) is 2.61. The molecule has 0 radical (unpaired) electrons. The summed E-state index contributed by atoms with van der Waals surface area (Å²) in [6, 6.07) is 5.64. The van der Waals surface area contributed by atoms with Gasteiger partial charge >= 0.3 is 0 Å². The second-order valence-electron chi connectivity index (χ2n) is 3.85. The molecule has 5 heteroatoms. The van der Waals surface area contributed by atoms with Crippen molar-refractivity contribution in [3.8, 4) is 17.0 Å². The summed E-state index contributed by atoms with van der Waals surface area (Å²) in [7, 11) is 1.62. The van der Waals surface area contributed by atoms with Crippen molar-refractivity contribution in [2.24, 2.45) is 0 Å². The van der Waals surface area contributed by atoms with E-state index in [4.69, 9.17) is 16.3 Å². The van der Waals surface area contributed by atoms with Gasteiger partial charge in [0.1, 0.15) is 11.4 Å². The van der Waals surface area contributed by atoms with Crippen molar-refractivity contribution in [1.82, 2.24) is 15.0 Å². The molecule has 0 spiro atoms. The maximum atomic E-state index is 6.12. The molecule has 0 aromatic carbocycles. The predicted octanol–water partition coefficient (Wildman–Crippen LogP) is 3.29. The lowest BCUT2D eigenvalue weighted by Crippen LogP contribution is -1.86. The van der Waals surface area contributed by atoms with Crippen LogP contribution in [0.3, 0.4) is 0 Å². The summed E-state index contributed by atoms with van der Waals surface area (Å²) in [5.74, 6) is 0.713. The van der Waals surface area contributed by atoms with E-state index in [1.54, 1.807) is 31.8 Å². The van der Waals surface area contributed by atoms with Crippen molar-refractivity contribution in [2.75, 3.05) is 7.11 Å². The molecule has 0 saturated carbocycles. The molecule has 0 aliphatic rings. The van der Waals surface area contributed by atoms with Gasteiger partial charge < -0.3 is 9.72 Å². The molecule has 4 nitrogen and oxygen atoms in total. The zero-order chi connectivity index (χ0) is 12.5. The van der Waals surface area contributed by atoms with E-state index in [-0.39, 0.29) is 0 Å². The number of nitrogens with zero attached hydrogens (tertiary/aromatic N) is 2. The van der Waals surface area contributed by atoms with E-state index in [1.165, 1.54) is 0 Å². The number of methoxy groups -OCH3 is 1. The minimum atomic E-state index is 0.679. The van der Waals surface area contributed by atoms with Gasteiger partial charge in [-0.25, -0.2) is 4.98 Å². The molecule has 0 unspecified atom stereocenters. The molecule has 0 bridgehead atoms. The van der Waals surface area contributed by atoms with Crippen molar-refractivity contribution < 1.29 is 4.74 Å². The molecule has 0 atom stereocenters. The fourth-order valence-corrected chi connectivity index (χ4v) is 2.03. The van der Waals surface area contributed by atoms with Gasteiger partial charge in [0.2, 0.25) is 0 Å². The zero-order valence-electron chi connectivity index (χ0n) is 9.64. The van der Waals surface area contributed by atoms with Gasteiger partial charge in [0.15, 0.2) is 0 Å². The van der Waals surface area contributed by atoms with Crippen LogP contribution >= 0.6 is 11.6 Å². The summed E-state index contributed by atoms with van der Waals surface area (Å²) < 4.78 is 5.16. The highest BCUT2D eigenvalue weighted by Crippen LogP contribution is 2.28. The van der Waals surface area contributed by atoms with E-state index >= 15 is 0 Å². The number of pyridine rings is 2. The topological polar surface area (TPSA) is 50.8 Å². The Hall–Kier alpha value is -2.07. The first kappa shape index (κ1) is 11.0. The SMILES string of the molecule is COc1cncc(-c2cc3c(Cl)ccnc3[nH]2)c1. The van der Waals surface area contributed by atoms with Crippen molar-refractivity contribution >= 4 is 22.6 Å². The highest BCUT2D eigenvalue weighted by Gasteiger charge is 2.07. The van der Waals surface area contributed by atoms with Crippen LogP contribution in [0.15, 0.2) is 36.8 Å². The van der Waals surface area contributed by atoms with Gasteiger partial charge in [0.05, 0.1) is 18.3 Å². The minimum Gasteiger partial charge on any atom is -0.495 e. The summed E-state index contributed by atoms with van der Waals surface area (Å²) in [4.78, 5) is 11.6. The van der Waals surface area contributed by atoms with Gasteiger partial charge in [-0.05, 0) is 18.2 Å². The second-order valence-corrected chi connectivity index (χ2v) is 4.26. The van der Waals surface area contributed by atoms with E-state index in [2.05, 4.69) is 15.0 Å². The average molecular weight is 260 g/mol. The monoisotopic (exact) mass is 259 g/mol. The largest absolute Gasteiger partial charge is 0.495 e. The third kappa shape index (κ3) is 1.80. The van der Waals surface area contributed by atoms with Crippen LogP contribution in [0.25, 0.3) is 22.3 Å². The van der Waals surface area contributed by atoms with Crippen LogP contribution in [-0.4, -0.2) is 22.1 Å². The second kappa shape index (κ2) is 4.31. The predicted molar refractivity (Wildman–Crippen MR) is 70.9 cm³/mol.